The van der Waals surface area contributed by atoms with Gasteiger partial charge in [0, 0.05) is 24.5 Å². The van der Waals surface area contributed by atoms with Crippen LogP contribution in [0, 0.1) is 0 Å². The smallest absolute Gasteiger partial charge is 0.312 e. The summed E-state index contributed by atoms with van der Waals surface area (Å²) in [6, 6.07) is 23.0. The first-order valence-corrected chi connectivity index (χ1v) is 11.2. The molecule has 4 N–H and O–H groups in total. The van der Waals surface area contributed by atoms with Crippen molar-refractivity contribution in [1.29, 1.82) is 0 Å². The number of morpholine rings is 1. The largest absolute Gasteiger partial charge is 0.457 e. The van der Waals surface area contributed by atoms with Crippen LogP contribution in [0.4, 0.5) is 16.2 Å². The molecule has 3 aromatic carbocycles. The van der Waals surface area contributed by atoms with E-state index in [9.17, 15) is 9.59 Å². The predicted octanol–water partition coefficient (Wildman–Crippen LogP) is 4.05. The molecule has 176 valence electrons. The Kier molecular flexibility index (Phi) is 7.62. The highest BCUT2D eigenvalue weighted by Crippen LogP contribution is 2.26. The molecule has 0 bridgehead atoms. The normalized spacial score (nSPS) is 14.2. The number of hydrogen-bond acceptors (Lipinski definition) is 5. The number of benzene rings is 3. The van der Waals surface area contributed by atoms with Crippen LogP contribution in [0.5, 0.6) is 11.5 Å². The maximum atomic E-state index is 12.8. The van der Waals surface area contributed by atoms with E-state index in [0.717, 1.165) is 18.8 Å². The topological polar surface area (TPSA) is 106 Å². The van der Waals surface area contributed by atoms with Crippen LogP contribution < -0.4 is 26.0 Å². The lowest BCUT2D eigenvalue weighted by molar-refractivity contribution is -0.116. The molecule has 4 rings (SSSR count). The SMILES string of the molecule is NC(=O)N[C@@H](CC(=O)Nc1ccc(N2CCOCC2)cc1)c1cccc(Oc2ccccc2)c1. The molecule has 0 radical (unpaired) electrons. The standard InChI is InChI=1S/C26H28N4O4/c27-26(32)29-24(19-5-4-8-23(17-19)34-22-6-2-1-3-7-22)18-25(31)28-20-9-11-21(12-10-20)30-13-15-33-16-14-30/h1-12,17,24H,13-16,18H2,(H,28,31)(H3,27,29,32)/t24-/m0/s1. The molecule has 0 saturated carbocycles. The van der Waals surface area contributed by atoms with Gasteiger partial charge < -0.3 is 30.7 Å². The first-order chi connectivity index (χ1) is 16.6. The maximum Gasteiger partial charge on any atom is 0.312 e. The Hall–Kier alpha value is -4.04. The van der Waals surface area contributed by atoms with E-state index in [1.54, 1.807) is 6.07 Å². The van der Waals surface area contributed by atoms with Crippen LogP contribution in [0.15, 0.2) is 78.9 Å². The fraction of sp³-hybridized carbons (Fsp3) is 0.231. The molecule has 3 amide bonds. The van der Waals surface area contributed by atoms with Gasteiger partial charge in [-0.15, -0.1) is 0 Å². The minimum Gasteiger partial charge on any atom is -0.457 e. The maximum absolute atomic E-state index is 12.8. The van der Waals surface area contributed by atoms with Crippen molar-refractivity contribution in [3.8, 4) is 11.5 Å². The number of primary amides is 1. The van der Waals surface area contributed by atoms with Gasteiger partial charge in [0.1, 0.15) is 11.5 Å². The number of anilines is 2. The van der Waals surface area contributed by atoms with Crippen LogP contribution in [0.3, 0.4) is 0 Å². The molecule has 0 aliphatic carbocycles. The fourth-order valence-corrected chi connectivity index (χ4v) is 3.82. The van der Waals surface area contributed by atoms with Crippen molar-refractivity contribution >= 4 is 23.3 Å². The number of hydrogen-bond donors (Lipinski definition) is 3. The van der Waals surface area contributed by atoms with Crippen molar-refractivity contribution in [3.05, 3.63) is 84.4 Å². The Balaban J connectivity index is 1.41. The van der Waals surface area contributed by atoms with E-state index < -0.39 is 12.1 Å². The molecule has 34 heavy (non-hydrogen) atoms. The number of nitrogens with zero attached hydrogens (tertiary/aromatic N) is 1. The number of para-hydroxylation sites is 1. The van der Waals surface area contributed by atoms with Crippen molar-refractivity contribution in [2.45, 2.75) is 12.5 Å². The minimum absolute atomic E-state index is 0.0168. The zero-order valence-electron chi connectivity index (χ0n) is 18.8. The second-order valence-corrected chi connectivity index (χ2v) is 7.95. The molecule has 1 fully saturated rings. The zero-order valence-corrected chi connectivity index (χ0v) is 18.8. The van der Waals surface area contributed by atoms with Gasteiger partial charge in [0.15, 0.2) is 0 Å². The average molecular weight is 461 g/mol. The lowest BCUT2D eigenvalue weighted by Gasteiger charge is -2.28. The van der Waals surface area contributed by atoms with Crippen LogP contribution in [0.25, 0.3) is 0 Å². The van der Waals surface area contributed by atoms with Crippen LogP contribution in [0.1, 0.15) is 18.0 Å². The third-order valence-electron chi connectivity index (χ3n) is 5.47. The van der Waals surface area contributed by atoms with E-state index in [-0.39, 0.29) is 12.3 Å². The van der Waals surface area contributed by atoms with E-state index in [0.29, 0.717) is 36.0 Å². The summed E-state index contributed by atoms with van der Waals surface area (Å²) in [5.74, 6) is 1.05. The summed E-state index contributed by atoms with van der Waals surface area (Å²) in [5.41, 5.74) is 7.86. The molecular formula is C26H28N4O4. The fourth-order valence-electron chi connectivity index (χ4n) is 3.82. The van der Waals surface area contributed by atoms with Crippen molar-refractivity contribution in [3.63, 3.8) is 0 Å². The lowest BCUT2D eigenvalue weighted by atomic mass is 10.0. The predicted molar refractivity (Wildman–Crippen MR) is 131 cm³/mol. The number of carbonyl (C=O) groups is 2. The molecule has 1 aliphatic heterocycles. The van der Waals surface area contributed by atoms with E-state index >= 15 is 0 Å². The number of amides is 3. The summed E-state index contributed by atoms with van der Waals surface area (Å²) in [5, 5.41) is 5.55. The molecule has 1 saturated heterocycles. The van der Waals surface area contributed by atoms with Crippen molar-refractivity contribution in [2.24, 2.45) is 5.73 Å². The van der Waals surface area contributed by atoms with E-state index in [1.165, 1.54) is 0 Å². The second-order valence-electron chi connectivity index (χ2n) is 7.95. The highest BCUT2D eigenvalue weighted by molar-refractivity contribution is 5.91. The van der Waals surface area contributed by atoms with Crippen molar-refractivity contribution < 1.29 is 19.1 Å². The molecule has 8 heteroatoms. The first-order valence-electron chi connectivity index (χ1n) is 11.2. The lowest BCUT2D eigenvalue weighted by Crippen LogP contribution is -2.36. The monoisotopic (exact) mass is 460 g/mol. The number of ether oxygens (including phenoxy) is 2. The van der Waals surface area contributed by atoms with Crippen LogP contribution in [0.2, 0.25) is 0 Å². The van der Waals surface area contributed by atoms with Gasteiger partial charge >= 0.3 is 6.03 Å². The van der Waals surface area contributed by atoms with Gasteiger partial charge in [0.2, 0.25) is 5.91 Å². The summed E-state index contributed by atoms with van der Waals surface area (Å²) < 4.78 is 11.3. The quantitative estimate of drug-likeness (QED) is 0.470. The average Bonchev–Trinajstić information content (AvgIpc) is 2.85. The zero-order chi connectivity index (χ0) is 23.8. The number of rotatable bonds is 8. The third kappa shape index (κ3) is 6.49. The Morgan fingerprint density at radius 3 is 2.35 bits per heavy atom. The Morgan fingerprint density at radius 1 is 0.941 bits per heavy atom. The van der Waals surface area contributed by atoms with Gasteiger partial charge in [-0.05, 0) is 54.1 Å². The van der Waals surface area contributed by atoms with Crippen LogP contribution >= 0.6 is 0 Å². The number of urea groups is 1. The summed E-state index contributed by atoms with van der Waals surface area (Å²) in [6.45, 7) is 3.12. The van der Waals surface area contributed by atoms with E-state index in [2.05, 4.69) is 15.5 Å². The number of carbonyl (C=O) groups excluding carboxylic acids is 2. The van der Waals surface area contributed by atoms with Gasteiger partial charge in [-0.1, -0.05) is 30.3 Å². The summed E-state index contributed by atoms with van der Waals surface area (Å²) >= 11 is 0. The van der Waals surface area contributed by atoms with Gasteiger partial charge in [-0.25, -0.2) is 4.79 Å². The van der Waals surface area contributed by atoms with Gasteiger partial charge in [0.25, 0.3) is 0 Å². The summed E-state index contributed by atoms with van der Waals surface area (Å²) in [7, 11) is 0. The molecule has 1 atom stereocenters. The highest BCUT2D eigenvalue weighted by Gasteiger charge is 2.19. The number of nitrogens with one attached hydrogen (secondary N) is 2. The number of nitrogens with two attached hydrogens (primary N) is 1. The molecule has 0 unspecified atom stereocenters. The van der Waals surface area contributed by atoms with Gasteiger partial charge in [-0.3, -0.25) is 4.79 Å². The third-order valence-corrected chi connectivity index (χ3v) is 5.47. The van der Waals surface area contributed by atoms with E-state index in [4.69, 9.17) is 15.2 Å². The first kappa shape index (κ1) is 23.1. The second kappa shape index (κ2) is 11.2. The summed E-state index contributed by atoms with van der Waals surface area (Å²) in [6.07, 6.45) is 0.0168. The minimum atomic E-state index is -0.706. The van der Waals surface area contributed by atoms with Crippen molar-refractivity contribution in [2.75, 3.05) is 36.5 Å². The van der Waals surface area contributed by atoms with Crippen LogP contribution in [-0.4, -0.2) is 38.2 Å². The Bertz CT molecular complexity index is 1100. The highest BCUT2D eigenvalue weighted by atomic mass is 16.5. The molecule has 8 nitrogen and oxygen atoms in total. The van der Waals surface area contributed by atoms with Gasteiger partial charge in [0.05, 0.1) is 25.7 Å². The Morgan fingerprint density at radius 2 is 1.65 bits per heavy atom. The molecule has 0 spiro atoms. The van der Waals surface area contributed by atoms with Gasteiger partial charge in [-0.2, -0.15) is 0 Å². The van der Waals surface area contributed by atoms with E-state index in [1.807, 2.05) is 72.8 Å². The molecular weight excluding hydrogens is 432 g/mol. The molecule has 1 heterocycles. The molecule has 3 aromatic rings. The summed E-state index contributed by atoms with van der Waals surface area (Å²) in [4.78, 5) is 26.6. The van der Waals surface area contributed by atoms with Crippen molar-refractivity contribution in [1.82, 2.24) is 5.32 Å². The van der Waals surface area contributed by atoms with Crippen LogP contribution in [-0.2, 0) is 9.53 Å². The Labute approximate surface area is 198 Å². The molecule has 1 aliphatic rings. The molecule has 0 aromatic heterocycles.